The molecule has 0 saturated carbocycles. The quantitative estimate of drug-likeness (QED) is 0.787. The molecular formula is C20H29ClN2O3. The van der Waals surface area contributed by atoms with Crippen molar-refractivity contribution in [2.45, 2.75) is 19.3 Å². The highest BCUT2D eigenvalue weighted by Gasteiger charge is 2.36. The Balaban J connectivity index is 1.54. The molecule has 144 valence electrons. The number of likely N-dealkylation sites (tertiary alicyclic amines) is 2. The Hall–Kier alpha value is -1.14. The van der Waals surface area contributed by atoms with Crippen LogP contribution in [0.15, 0.2) is 24.3 Å². The van der Waals surface area contributed by atoms with E-state index < -0.39 is 0 Å². The monoisotopic (exact) mass is 380 g/mol. The van der Waals surface area contributed by atoms with Gasteiger partial charge < -0.3 is 20.0 Å². The Morgan fingerprint density at radius 3 is 2.50 bits per heavy atom. The number of aliphatic hydroxyl groups is 2. The van der Waals surface area contributed by atoms with Crippen LogP contribution in [0.5, 0.6) is 0 Å². The van der Waals surface area contributed by atoms with Crippen molar-refractivity contribution < 1.29 is 15.0 Å². The number of amides is 1. The number of aliphatic hydroxyl groups excluding tert-OH is 2. The molecule has 1 amide bonds. The normalized spacial score (nSPS) is 25.0. The van der Waals surface area contributed by atoms with Gasteiger partial charge in [-0.25, -0.2) is 0 Å². The first-order valence-electron chi connectivity index (χ1n) is 9.55. The van der Waals surface area contributed by atoms with Gasteiger partial charge in [0.1, 0.15) is 0 Å². The van der Waals surface area contributed by atoms with Crippen LogP contribution in [0.3, 0.4) is 0 Å². The van der Waals surface area contributed by atoms with E-state index in [1.54, 1.807) is 0 Å². The Morgan fingerprint density at radius 1 is 1.12 bits per heavy atom. The zero-order chi connectivity index (χ0) is 18.5. The number of rotatable bonds is 6. The number of hydrogen-bond acceptors (Lipinski definition) is 4. The maximum absolute atomic E-state index is 12.7. The van der Waals surface area contributed by atoms with E-state index in [9.17, 15) is 15.0 Å². The second kappa shape index (κ2) is 9.18. The highest BCUT2D eigenvalue weighted by atomic mass is 35.5. The van der Waals surface area contributed by atoms with Crippen LogP contribution in [-0.4, -0.2) is 71.9 Å². The summed E-state index contributed by atoms with van der Waals surface area (Å²) in [5.41, 5.74) is 0.928. The average Bonchev–Trinajstić information content (AvgIpc) is 3.05. The summed E-state index contributed by atoms with van der Waals surface area (Å²) in [6.07, 6.45) is 2.42. The van der Waals surface area contributed by atoms with Gasteiger partial charge in [-0.1, -0.05) is 23.7 Å². The number of carbonyl (C=O) groups is 1. The SMILES string of the molecule is O=C(Cc1cccc(Cl)c1)N1C[C@@H](CO)[C@@H](CN2CCC(CO)CC2)C1. The minimum atomic E-state index is 0.104. The Labute approximate surface area is 160 Å². The topological polar surface area (TPSA) is 64.0 Å². The molecule has 0 bridgehead atoms. The number of carbonyl (C=O) groups excluding carboxylic acids is 1. The zero-order valence-electron chi connectivity index (χ0n) is 15.2. The molecule has 0 aromatic heterocycles. The van der Waals surface area contributed by atoms with Gasteiger partial charge in [0.2, 0.25) is 5.91 Å². The van der Waals surface area contributed by atoms with Gasteiger partial charge in [-0.2, -0.15) is 0 Å². The van der Waals surface area contributed by atoms with Crippen LogP contribution in [0.4, 0.5) is 0 Å². The lowest BCUT2D eigenvalue weighted by molar-refractivity contribution is -0.129. The van der Waals surface area contributed by atoms with E-state index >= 15 is 0 Å². The molecule has 0 radical (unpaired) electrons. The largest absolute Gasteiger partial charge is 0.396 e. The summed E-state index contributed by atoms with van der Waals surface area (Å²) in [6, 6.07) is 7.43. The Morgan fingerprint density at radius 2 is 1.85 bits per heavy atom. The number of benzene rings is 1. The summed E-state index contributed by atoms with van der Waals surface area (Å²) in [6.45, 7) is 4.66. The van der Waals surface area contributed by atoms with Crippen molar-refractivity contribution in [2.75, 3.05) is 45.9 Å². The third kappa shape index (κ3) is 4.97. The molecular weight excluding hydrogens is 352 g/mol. The van der Waals surface area contributed by atoms with Crippen LogP contribution < -0.4 is 0 Å². The molecule has 0 aliphatic carbocycles. The molecule has 5 nitrogen and oxygen atoms in total. The minimum absolute atomic E-state index is 0.104. The molecule has 26 heavy (non-hydrogen) atoms. The van der Waals surface area contributed by atoms with Gasteiger partial charge in [0.15, 0.2) is 0 Å². The van der Waals surface area contributed by atoms with E-state index in [1.807, 2.05) is 29.2 Å². The van der Waals surface area contributed by atoms with E-state index in [4.69, 9.17) is 11.6 Å². The second-order valence-electron chi connectivity index (χ2n) is 7.73. The van der Waals surface area contributed by atoms with Crippen molar-refractivity contribution in [1.82, 2.24) is 9.80 Å². The van der Waals surface area contributed by atoms with Crippen LogP contribution in [0.2, 0.25) is 5.02 Å². The van der Waals surface area contributed by atoms with E-state index in [1.165, 1.54) is 0 Å². The van der Waals surface area contributed by atoms with Crippen molar-refractivity contribution in [2.24, 2.45) is 17.8 Å². The predicted octanol–water partition coefficient (Wildman–Crippen LogP) is 1.65. The third-order valence-electron chi connectivity index (χ3n) is 5.87. The first kappa shape index (κ1) is 19.6. The zero-order valence-corrected chi connectivity index (χ0v) is 15.9. The molecule has 1 aromatic rings. The van der Waals surface area contributed by atoms with Crippen molar-refractivity contribution in [3.05, 3.63) is 34.9 Å². The smallest absolute Gasteiger partial charge is 0.227 e. The Bertz CT molecular complexity index is 604. The number of piperidine rings is 1. The van der Waals surface area contributed by atoms with Gasteiger partial charge >= 0.3 is 0 Å². The third-order valence-corrected chi connectivity index (χ3v) is 6.10. The molecule has 2 fully saturated rings. The van der Waals surface area contributed by atoms with Crippen LogP contribution >= 0.6 is 11.6 Å². The summed E-state index contributed by atoms with van der Waals surface area (Å²) >= 11 is 6.01. The van der Waals surface area contributed by atoms with E-state index in [0.29, 0.717) is 36.4 Å². The summed E-state index contributed by atoms with van der Waals surface area (Å²) in [4.78, 5) is 17.0. The predicted molar refractivity (Wildman–Crippen MR) is 102 cm³/mol. The molecule has 0 unspecified atom stereocenters. The fraction of sp³-hybridized carbons (Fsp3) is 0.650. The number of nitrogens with zero attached hydrogens (tertiary/aromatic N) is 2. The number of hydrogen-bond donors (Lipinski definition) is 2. The van der Waals surface area contributed by atoms with Crippen LogP contribution in [-0.2, 0) is 11.2 Å². The maximum Gasteiger partial charge on any atom is 0.227 e. The van der Waals surface area contributed by atoms with E-state index in [2.05, 4.69) is 4.90 Å². The second-order valence-corrected chi connectivity index (χ2v) is 8.17. The fourth-order valence-electron chi connectivity index (χ4n) is 4.17. The summed E-state index contributed by atoms with van der Waals surface area (Å²) in [5.74, 6) is 0.995. The van der Waals surface area contributed by atoms with Gasteiger partial charge in [0.25, 0.3) is 0 Å². The van der Waals surface area contributed by atoms with Crippen LogP contribution in [0.1, 0.15) is 18.4 Å². The molecule has 0 spiro atoms. The lowest BCUT2D eigenvalue weighted by Gasteiger charge is -2.33. The van der Waals surface area contributed by atoms with Crippen molar-refractivity contribution >= 4 is 17.5 Å². The van der Waals surface area contributed by atoms with E-state index in [-0.39, 0.29) is 25.0 Å². The molecule has 2 aliphatic rings. The molecule has 6 heteroatoms. The summed E-state index contributed by atoms with van der Waals surface area (Å²) < 4.78 is 0. The fourth-order valence-corrected chi connectivity index (χ4v) is 4.39. The molecule has 2 aliphatic heterocycles. The highest BCUT2D eigenvalue weighted by molar-refractivity contribution is 6.30. The number of halogens is 1. The average molecular weight is 381 g/mol. The first-order valence-corrected chi connectivity index (χ1v) is 9.93. The minimum Gasteiger partial charge on any atom is -0.396 e. The van der Waals surface area contributed by atoms with Gasteiger partial charge in [0, 0.05) is 43.8 Å². The van der Waals surface area contributed by atoms with E-state index in [0.717, 1.165) is 38.0 Å². The van der Waals surface area contributed by atoms with Crippen LogP contribution in [0, 0.1) is 17.8 Å². The van der Waals surface area contributed by atoms with Gasteiger partial charge in [-0.15, -0.1) is 0 Å². The van der Waals surface area contributed by atoms with Crippen LogP contribution in [0.25, 0.3) is 0 Å². The molecule has 3 rings (SSSR count). The van der Waals surface area contributed by atoms with Gasteiger partial charge in [-0.05, 0) is 55.5 Å². The lowest BCUT2D eigenvalue weighted by atomic mass is 9.93. The summed E-state index contributed by atoms with van der Waals surface area (Å²) in [5, 5.41) is 19.7. The standard InChI is InChI=1S/C20H29ClN2O3/c21-19-3-1-2-16(8-19)9-20(26)23-11-17(18(12-23)14-25)10-22-6-4-15(13-24)5-7-22/h1-3,8,15,17-18,24-25H,4-7,9-14H2/t17-,18-/m0/s1. The highest BCUT2D eigenvalue weighted by Crippen LogP contribution is 2.27. The molecule has 1 aromatic carbocycles. The van der Waals surface area contributed by atoms with Gasteiger partial charge in [-0.3, -0.25) is 4.79 Å². The molecule has 2 saturated heterocycles. The van der Waals surface area contributed by atoms with Crippen molar-refractivity contribution in [1.29, 1.82) is 0 Å². The Kier molecular flexibility index (Phi) is 6.92. The molecule has 2 N–H and O–H groups in total. The van der Waals surface area contributed by atoms with Crippen molar-refractivity contribution in [3.8, 4) is 0 Å². The molecule has 2 atom stereocenters. The molecule has 2 heterocycles. The first-order chi connectivity index (χ1) is 12.6. The lowest BCUT2D eigenvalue weighted by Crippen LogP contribution is -2.40. The van der Waals surface area contributed by atoms with Crippen molar-refractivity contribution in [3.63, 3.8) is 0 Å². The maximum atomic E-state index is 12.7. The van der Waals surface area contributed by atoms with Gasteiger partial charge in [0.05, 0.1) is 6.42 Å². The summed E-state index contributed by atoms with van der Waals surface area (Å²) in [7, 11) is 0.